The zero-order valence-corrected chi connectivity index (χ0v) is 5.33. The van der Waals surface area contributed by atoms with Crippen LogP contribution in [0.5, 0.6) is 0 Å². The zero-order valence-electron chi connectivity index (χ0n) is 3.33. The van der Waals surface area contributed by atoms with Gasteiger partial charge >= 0.3 is 5.97 Å². The minimum Gasteiger partial charge on any atom is -0.388 e. The van der Waals surface area contributed by atoms with Crippen LogP contribution in [0, 0.1) is 0 Å². The largest absolute Gasteiger partial charge is 0.388 e. The second-order valence-corrected chi connectivity index (χ2v) is 1.04. The zero-order chi connectivity index (χ0) is 4.62. The molecule has 1 heterocycles. The summed E-state index contributed by atoms with van der Waals surface area (Å²) in [7, 11) is 0. The van der Waals surface area contributed by atoms with Crippen molar-refractivity contribution < 1.29 is 41.1 Å². The molecule has 0 aromatic carbocycles. The van der Waals surface area contributed by atoms with Crippen LogP contribution in [-0.2, 0) is 30.8 Å². The smallest absolute Gasteiger partial charge is 0.360 e. The monoisotopic (exact) mass is 190 g/mol. The van der Waals surface area contributed by atoms with Crippen molar-refractivity contribution in [3.8, 4) is 0 Å². The first-order valence-electron chi connectivity index (χ1n) is 1.47. The summed E-state index contributed by atoms with van der Waals surface area (Å²) in [5, 5.41) is 16.2. The maximum absolute atomic E-state index is 8.24. The molecule has 0 unspecified atom stereocenters. The summed E-state index contributed by atoms with van der Waals surface area (Å²) in [6.45, 7) is -0.507. The summed E-state index contributed by atoms with van der Waals surface area (Å²) < 4.78 is 0. The summed E-state index contributed by atoms with van der Waals surface area (Å²) >= 11 is 0. The van der Waals surface area contributed by atoms with Crippen molar-refractivity contribution in [2.45, 2.75) is 5.97 Å². The van der Waals surface area contributed by atoms with Gasteiger partial charge in [-0.25, -0.2) is 0 Å². The van der Waals surface area contributed by atoms with Gasteiger partial charge in [-0.15, -0.1) is 0 Å². The van der Waals surface area contributed by atoms with Crippen LogP contribution in [0.2, 0.25) is 0 Å². The van der Waals surface area contributed by atoms with Crippen LogP contribution in [0.3, 0.4) is 0 Å². The van der Waals surface area contributed by atoms with E-state index in [1.54, 1.807) is 0 Å². The molecule has 0 radical (unpaired) electrons. The number of aliphatic hydroxyl groups excluding tert-OH is 1. The second kappa shape index (κ2) is 2.20. The Morgan fingerprint density at radius 3 is 1.86 bits per heavy atom. The van der Waals surface area contributed by atoms with Gasteiger partial charge in [0.05, 0.1) is 0 Å². The normalized spacial score (nSPS) is 23.1. The molecule has 42 valence electrons. The first-order chi connectivity index (χ1) is 2.77. The quantitative estimate of drug-likeness (QED) is 0.301. The molecule has 0 spiro atoms. The summed E-state index contributed by atoms with van der Waals surface area (Å²) in [6, 6.07) is 0. The van der Waals surface area contributed by atoms with E-state index in [9.17, 15) is 0 Å². The molecule has 1 rings (SSSR count). The molecule has 1 fully saturated rings. The van der Waals surface area contributed by atoms with Gasteiger partial charge in [-0.05, 0) is 0 Å². The third-order valence-corrected chi connectivity index (χ3v) is 0.476. The van der Waals surface area contributed by atoms with E-state index in [1.165, 1.54) is 0 Å². The minimum atomic E-state index is -1.65. The molecule has 0 bridgehead atoms. The van der Waals surface area contributed by atoms with Gasteiger partial charge in [0, 0.05) is 21.1 Å². The van der Waals surface area contributed by atoms with Crippen molar-refractivity contribution in [1.29, 1.82) is 0 Å². The molecule has 7 heavy (non-hydrogen) atoms. The molecule has 2 N–H and O–H groups in total. The molecular weight excluding hydrogens is 184 g/mol. The number of rotatable bonds is 1. The standard InChI is InChI=1S/C2H4O4.Mo/c3-1-2(4)5-6-2;/h3-4H,1H2;. The average Bonchev–Trinajstić information content (AvgIpc) is 2.22. The first kappa shape index (κ1) is 7.53. The summed E-state index contributed by atoms with van der Waals surface area (Å²) in [5.41, 5.74) is 0. The van der Waals surface area contributed by atoms with E-state index in [2.05, 4.69) is 9.78 Å². The van der Waals surface area contributed by atoms with Crippen molar-refractivity contribution in [3.63, 3.8) is 0 Å². The van der Waals surface area contributed by atoms with Crippen LogP contribution in [0.25, 0.3) is 0 Å². The fourth-order valence-electron chi connectivity index (χ4n) is 0.101. The molecule has 0 aromatic heterocycles. The Morgan fingerprint density at radius 2 is 1.86 bits per heavy atom. The maximum atomic E-state index is 8.24. The van der Waals surface area contributed by atoms with E-state index in [0.717, 1.165) is 0 Å². The van der Waals surface area contributed by atoms with E-state index in [1.807, 2.05) is 0 Å². The predicted octanol–water partition coefficient (Wildman–Crippen LogP) is -1.42. The molecule has 0 atom stereocenters. The van der Waals surface area contributed by atoms with Gasteiger partial charge in [0.2, 0.25) is 0 Å². The third-order valence-electron chi connectivity index (χ3n) is 0.476. The van der Waals surface area contributed by atoms with E-state index in [-0.39, 0.29) is 21.1 Å². The van der Waals surface area contributed by atoms with Crippen LogP contribution in [0.15, 0.2) is 0 Å². The first-order valence-corrected chi connectivity index (χ1v) is 1.47. The Labute approximate surface area is 54.2 Å². The van der Waals surface area contributed by atoms with E-state index in [0.29, 0.717) is 0 Å². The Bertz CT molecular complexity index is 60.7. The van der Waals surface area contributed by atoms with Crippen LogP contribution in [0.1, 0.15) is 0 Å². The Morgan fingerprint density at radius 1 is 1.43 bits per heavy atom. The van der Waals surface area contributed by atoms with Gasteiger partial charge in [-0.3, -0.25) is 0 Å². The second-order valence-electron chi connectivity index (χ2n) is 1.04. The molecule has 0 aromatic rings. The van der Waals surface area contributed by atoms with E-state index >= 15 is 0 Å². The molecule has 4 nitrogen and oxygen atoms in total. The van der Waals surface area contributed by atoms with E-state index in [4.69, 9.17) is 10.2 Å². The van der Waals surface area contributed by atoms with Crippen LogP contribution < -0.4 is 0 Å². The van der Waals surface area contributed by atoms with Crippen molar-refractivity contribution in [3.05, 3.63) is 0 Å². The fourth-order valence-corrected chi connectivity index (χ4v) is 0.101. The minimum absolute atomic E-state index is 0. The number of hydrogen-bond acceptors (Lipinski definition) is 4. The molecule has 0 amide bonds. The van der Waals surface area contributed by atoms with Gasteiger partial charge in [-0.1, -0.05) is 0 Å². The fraction of sp³-hybridized carbons (Fsp3) is 1.00. The topological polar surface area (TPSA) is 65.5 Å². The Kier molecular flexibility index (Phi) is 2.36. The Hall–Kier alpha value is 0.528. The van der Waals surface area contributed by atoms with Crippen LogP contribution in [0.4, 0.5) is 0 Å². The third kappa shape index (κ3) is 1.84. The molecule has 1 aliphatic heterocycles. The van der Waals surface area contributed by atoms with Gasteiger partial charge in [-0.2, -0.15) is 9.78 Å². The molecule has 0 aliphatic carbocycles. The SMILES string of the molecule is OCC1(O)OO1.[Mo]. The van der Waals surface area contributed by atoms with Crippen molar-refractivity contribution >= 4 is 0 Å². The van der Waals surface area contributed by atoms with Crippen molar-refractivity contribution in [2.24, 2.45) is 0 Å². The Balaban J connectivity index is 0.000000360. The summed E-state index contributed by atoms with van der Waals surface area (Å²) in [6.07, 6.45) is 0. The van der Waals surface area contributed by atoms with Gasteiger partial charge in [0.15, 0.2) is 0 Å². The van der Waals surface area contributed by atoms with Gasteiger partial charge in [0.25, 0.3) is 0 Å². The average molecular weight is 188 g/mol. The predicted molar refractivity (Wildman–Crippen MR) is 14.2 cm³/mol. The summed E-state index contributed by atoms with van der Waals surface area (Å²) in [4.78, 5) is 7.70. The maximum Gasteiger partial charge on any atom is 0.360 e. The summed E-state index contributed by atoms with van der Waals surface area (Å²) in [5.74, 6) is -1.65. The van der Waals surface area contributed by atoms with Crippen LogP contribution >= 0.6 is 0 Å². The van der Waals surface area contributed by atoms with E-state index < -0.39 is 12.6 Å². The van der Waals surface area contributed by atoms with Gasteiger partial charge < -0.3 is 10.2 Å². The van der Waals surface area contributed by atoms with Crippen molar-refractivity contribution in [2.75, 3.05) is 6.61 Å². The molecule has 0 saturated carbocycles. The molecule has 1 saturated heterocycles. The molecular formula is C2H4MoO4. The van der Waals surface area contributed by atoms with Crippen LogP contribution in [-0.4, -0.2) is 22.8 Å². The molecule has 1 aliphatic rings. The number of hydrogen-bond donors (Lipinski definition) is 2. The van der Waals surface area contributed by atoms with Crippen molar-refractivity contribution in [1.82, 2.24) is 0 Å². The van der Waals surface area contributed by atoms with Gasteiger partial charge in [0.1, 0.15) is 6.61 Å². The number of aliphatic hydroxyl groups is 2. The molecule has 5 heteroatoms.